The van der Waals surface area contributed by atoms with Gasteiger partial charge < -0.3 is 20.1 Å². The second kappa shape index (κ2) is 7.59. The van der Waals surface area contributed by atoms with Gasteiger partial charge in [-0.05, 0) is 57.1 Å². The summed E-state index contributed by atoms with van der Waals surface area (Å²) in [4.78, 5) is 2.25. The molecule has 2 aromatic rings. The lowest BCUT2D eigenvalue weighted by molar-refractivity contribution is -0.274. The summed E-state index contributed by atoms with van der Waals surface area (Å²) in [5.74, 6) is -0.217. The molecule has 1 aliphatic rings. The van der Waals surface area contributed by atoms with Crippen LogP contribution >= 0.6 is 0 Å². The summed E-state index contributed by atoms with van der Waals surface area (Å²) in [6.07, 6.45) is -2.66. The molecule has 1 aromatic carbocycles. The predicted octanol–water partition coefficient (Wildman–Crippen LogP) is 3.56. The smallest absolute Gasteiger partial charge is 0.507 e. The zero-order chi connectivity index (χ0) is 19.6. The zero-order valence-electron chi connectivity index (χ0n) is 15.0. The summed E-state index contributed by atoms with van der Waals surface area (Å²) >= 11 is 0. The number of ether oxygens (including phenoxy) is 1. The first-order valence-electron chi connectivity index (χ1n) is 8.60. The molecule has 0 saturated carbocycles. The molecule has 0 radical (unpaired) electrons. The maximum Gasteiger partial charge on any atom is 0.573 e. The number of alkyl halides is 3. The van der Waals surface area contributed by atoms with Gasteiger partial charge in [0.25, 0.3) is 0 Å². The molecule has 1 aliphatic heterocycles. The van der Waals surface area contributed by atoms with Crippen molar-refractivity contribution in [1.82, 2.24) is 15.1 Å². The number of nitrogens with one attached hydrogen (secondary N) is 1. The van der Waals surface area contributed by atoms with Gasteiger partial charge in [-0.15, -0.1) is 23.4 Å². The highest BCUT2D eigenvalue weighted by Gasteiger charge is 2.31. The Labute approximate surface area is 155 Å². The number of anilines is 1. The second-order valence-electron chi connectivity index (χ2n) is 6.73. The molecule has 0 spiro atoms. The average molecular weight is 382 g/mol. The highest BCUT2D eigenvalue weighted by molar-refractivity contribution is 5.71. The Balaban J connectivity index is 1.77. The van der Waals surface area contributed by atoms with Gasteiger partial charge in [0, 0.05) is 24.2 Å². The standard InChI is InChI=1S/C18H21F3N4O2/c1-11-8-16(22-12-4-3-7-25(2)10-12)23-24-17(11)14-6-5-13(9-15(14)26)27-18(19,20)21/h5-6,8-9,12,26H,3-4,7,10H2,1-2H3,(H,22,23)/t12-/m1/s1. The zero-order valence-corrected chi connectivity index (χ0v) is 15.0. The van der Waals surface area contributed by atoms with Gasteiger partial charge in [-0.1, -0.05) is 0 Å². The molecule has 0 unspecified atom stereocenters. The van der Waals surface area contributed by atoms with Crippen LogP contribution in [0.2, 0.25) is 0 Å². The minimum atomic E-state index is -4.82. The van der Waals surface area contributed by atoms with E-state index in [0.29, 0.717) is 17.1 Å². The number of hydrogen-bond donors (Lipinski definition) is 2. The van der Waals surface area contributed by atoms with E-state index < -0.39 is 12.1 Å². The molecule has 9 heteroatoms. The molecule has 1 fully saturated rings. The van der Waals surface area contributed by atoms with E-state index in [0.717, 1.165) is 43.6 Å². The summed E-state index contributed by atoms with van der Waals surface area (Å²) < 4.78 is 40.7. The third-order valence-electron chi connectivity index (χ3n) is 4.42. The Kier molecular flexibility index (Phi) is 5.41. The molecule has 6 nitrogen and oxygen atoms in total. The number of aryl methyl sites for hydroxylation is 1. The van der Waals surface area contributed by atoms with E-state index in [1.54, 1.807) is 0 Å². The molecular formula is C18H21F3N4O2. The molecule has 2 N–H and O–H groups in total. The lowest BCUT2D eigenvalue weighted by Crippen LogP contribution is -2.39. The van der Waals surface area contributed by atoms with Gasteiger partial charge in [-0.25, -0.2) is 0 Å². The van der Waals surface area contributed by atoms with Gasteiger partial charge in [0.15, 0.2) is 0 Å². The number of aromatic nitrogens is 2. The molecule has 0 amide bonds. The highest BCUT2D eigenvalue weighted by atomic mass is 19.4. The third-order valence-corrected chi connectivity index (χ3v) is 4.42. The van der Waals surface area contributed by atoms with E-state index in [9.17, 15) is 18.3 Å². The van der Waals surface area contributed by atoms with Crippen molar-refractivity contribution in [2.45, 2.75) is 32.2 Å². The van der Waals surface area contributed by atoms with Gasteiger partial charge >= 0.3 is 6.36 Å². The fourth-order valence-corrected chi connectivity index (χ4v) is 3.22. The number of halogens is 3. The predicted molar refractivity (Wildman–Crippen MR) is 94.7 cm³/mol. The molecular weight excluding hydrogens is 361 g/mol. The van der Waals surface area contributed by atoms with Crippen molar-refractivity contribution in [2.75, 3.05) is 25.5 Å². The van der Waals surface area contributed by atoms with Crippen molar-refractivity contribution in [2.24, 2.45) is 0 Å². The quantitative estimate of drug-likeness (QED) is 0.843. The Morgan fingerprint density at radius 3 is 2.67 bits per heavy atom. The van der Waals surface area contributed by atoms with Crippen molar-refractivity contribution in [1.29, 1.82) is 0 Å². The molecule has 0 aliphatic carbocycles. The van der Waals surface area contributed by atoms with E-state index in [1.165, 1.54) is 6.07 Å². The number of likely N-dealkylation sites (tertiary alicyclic amines) is 1. The van der Waals surface area contributed by atoms with Crippen LogP contribution in [0.3, 0.4) is 0 Å². The first kappa shape index (κ1) is 19.2. The highest BCUT2D eigenvalue weighted by Crippen LogP contribution is 2.35. The van der Waals surface area contributed by atoms with Crippen LogP contribution in [0.15, 0.2) is 24.3 Å². The van der Waals surface area contributed by atoms with E-state index >= 15 is 0 Å². The number of likely N-dealkylation sites (N-methyl/N-ethyl adjacent to an activating group) is 1. The number of phenolic OH excluding ortho intramolecular Hbond substituents is 1. The van der Waals surface area contributed by atoms with Crippen molar-refractivity contribution in [3.63, 3.8) is 0 Å². The summed E-state index contributed by atoms with van der Waals surface area (Å²) in [7, 11) is 2.07. The first-order chi connectivity index (χ1) is 12.7. The summed E-state index contributed by atoms with van der Waals surface area (Å²) in [5.41, 5.74) is 1.44. The Morgan fingerprint density at radius 2 is 2.04 bits per heavy atom. The number of benzene rings is 1. The van der Waals surface area contributed by atoms with Gasteiger partial charge in [-0.2, -0.15) is 0 Å². The summed E-state index contributed by atoms with van der Waals surface area (Å²) in [5, 5.41) is 21.8. The minimum Gasteiger partial charge on any atom is -0.507 e. The lowest BCUT2D eigenvalue weighted by atomic mass is 10.1. The Bertz CT molecular complexity index is 814. The molecule has 1 atom stereocenters. The van der Waals surface area contributed by atoms with Crippen molar-refractivity contribution >= 4 is 5.82 Å². The van der Waals surface area contributed by atoms with E-state index in [4.69, 9.17) is 0 Å². The third kappa shape index (κ3) is 5.00. The fraction of sp³-hybridized carbons (Fsp3) is 0.444. The van der Waals surface area contributed by atoms with E-state index in [-0.39, 0.29) is 11.8 Å². The van der Waals surface area contributed by atoms with Crippen LogP contribution < -0.4 is 10.1 Å². The first-order valence-corrected chi connectivity index (χ1v) is 8.60. The van der Waals surface area contributed by atoms with Gasteiger partial charge in [-0.3, -0.25) is 0 Å². The number of aromatic hydroxyl groups is 1. The average Bonchev–Trinajstić information content (AvgIpc) is 2.54. The molecule has 3 rings (SSSR count). The maximum absolute atomic E-state index is 12.3. The normalized spacial score (nSPS) is 18.3. The lowest BCUT2D eigenvalue weighted by Gasteiger charge is -2.30. The van der Waals surface area contributed by atoms with E-state index in [1.807, 2.05) is 13.0 Å². The SMILES string of the molecule is Cc1cc(N[C@@H]2CCCN(C)C2)nnc1-c1ccc(OC(F)(F)F)cc1O. The van der Waals surface area contributed by atoms with Crippen LogP contribution in [0.1, 0.15) is 18.4 Å². The van der Waals surface area contributed by atoms with Gasteiger partial charge in [0.2, 0.25) is 0 Å². The Hall–Kier alpha value is -2.55. The topological polar surface area (TPSA) is 70.5 Å². The molecule has 146 valence electrons. The van der Waals surface area contributed by atoms with Gasteiger partial charge in [0.05, 0.1) is 5.69 Å². The fourth-order valence-electron chi connectivity index (χ4n) is 3.22. The number of hydrogen-bond acceptors (Lipinski definition) is 6. The number of piperidine rings is 1. The molecule has 0 bridgehead atoms. The molecule has 1 aromatic heterocycles. The van der Waals surface area contributed by atoms with Crippen LogP contribution in [-0.4, -0.2) is 52.7 Å². The number of phenols is 1. The summed E-state index contributed by atoms with van der Waals surface area (Å²) in [6.45, 7) is 3.81. The molecule has 27 heavy (non-hydrogen) atoms. The van der Waals surface area contributed by atoms with Crippen LogP contribution in [0.4, 0.5) is 19.0 Å². The Morgan fingerprint density at radius 1 is 1.26 bits per heavy atom. The van der Waals surface area contributed by atoms with Crippen molar-refractivity contribution < 1.29 is 23.0 Å². The maximum atomic E-state index is 12.3. The van der Waals surface area contributed by atoms with Gasteiger partial charge in [0.1, 0.15) is 17.3 Å². The molecule has 1 saturated heterocycles. The minimum absolute atomic E-state index is 0.288. The van der Waals surface area contributed by atoms with Crippen molar-refractivity contribution in [3.05, 3.63) is 29.8 Å². The largest absolute Gasteiger partial charge is 0.573 e. The van der Waals surface area contributed by atoms with Crippen LogP contribution in [0.5, 0.6) is 11.5 Å². The van der Waals surface area contributed by atoms with Crippen molar-refractivity contribution in [3.8, 4) is 22.8 Å². The number of nitrogens with zero attached hydrogens (tertiary/aromatic N) is 3. The number of rotatable bonds is 4. The second-order valence-corrected chi connectivity index (χ2v) is 6.73. The molecule has 2 heterocycles. The van der Waals surface area contributed by atoms with Crippen LogP contribution in [0, 0.1) is 6.92 Å². The summed E-state index contributed by atoms with van der Waals surface area (Å²) in [6, 6.07) is 5.48. The van der Waals surface area contributed by atoms with Crippen LogP contribution in [0.25, 0.3) is 11.3 Å². The van der Waals surface area contributed by atoms with E-state index in [2.05, 4.69) is 32.2 Å². The monoisotopic (exact) mass is 382 g/mol. The van der Waals surface area contributed by atoms with Crippen LogP contribution in [-0.2, 0) is 0 Å².